The predicted octanol–water partition coefficient (Wildman–Crippen LogP) is 3.77. The summed E-state index contributed by atoms with van der Waals surface area (Å²) in [6, 6.07) is 8.73. The molecule has 2 N–H and O–H groups in total. The van der Waals surface area contributed by atoms with E-state index in [1.54, 1.807) is 0 Å². The van der Waals surface area contributed by atoms with E-state index in [9.17, 15) is 0 Å². The molecule has 0 aliphatic carbocycles. The molecule has 0 fully saturated rings. The topological polar surface area (TPSA) is 26.0 Å². The minimum atomic E-state index is 0.176. The number of thioether (sulfide) groups is 1. The van der Waals surface area contributed by atoms with E-state index in [-0.39, 0.29) is 6.04 Å². The highest BCUT2D eigenvalue weighted by atomic mass is 32.2. The third kappa shape index (κ3) is 4.58. The monoisotopic (exact) mass is 237 g/mol. The molecule has 0 heterocycles. The van der Waals surface area contributed by atoms with Crippen molar-refractivity contribution in [2.75, 3.05) is 11.5 Å². The number of hydrogen-bond donors (Lipinski definition) is 1. The second-order valence-electron chi connectivity index (χ2n) is 4.57. The van der Waals surface area contributed by atoms with E-state index in [0.29, 0.717) is 0 Å². The third-order valence-corrected chi connectivity index (χ3v) is 4.30. The van der Waals surface area contributed by atoms with Crippen LogP contribution in [0.25, 0.3) is 0 Å². The van der Waals surface area contributed by atoms with Gasteiger partial charge in [0.15, 0.2) is 0 Å². The van der Waals surface area contributed by atoms with Crippen LogP contribution in [-0.2, 0) is 0 Å². The molecule has 1 rings (SSSR count). The summed E-state index contributed by atoms with van der Waals surface area (Å²) in [7, 11) is 0. The Bertz CT molecular complexity index is 294. The molecule has 2 heteroatoms. The highest BCUT2D eigenvalue weighted by Crippen LogP contribution is 2.19. The van der Waals surface area contributed by atoms with E-state index < -0.39 is 0 Å². The van der Waals surface area contributed by atoms with E-state index in [2.05, 4.69) is 45.0 Å². The van der Waals surface area contributed by atoms with Gasteiger partial charge in [-0.05, 0) is 24.2 Å². The van der Waals surface area contributed by atoms with Crippen LogP contribution in [0.15, 0.2) is 24.3 Å². The van der Waals surface area contributed by atoms with Crippen molar-refractivity contribution in [2.45, 2.75) is 33.2 Å². The molecule has 90 valence electrons. The van der Waals surface area contributed by atoms with Crippen molar-refractivity contribution in [1.82, 2.24) is 0 Å². The maximum Gasteiger partial charge on any atom is 0.0386 e. The first-order chi connectivity index (χ1) is 7.63. The minimum Gasteiger partial charge on any atom is -0.323 e. The van der Waals surface area contributed by atoms with Crippen LogP contribution < -0.4 is 5.73 Å². The Kier molecular flexibility index (Phi) is 5.93. The zero-order valence-electron chi connectivity index (χ0n) is 10.6. The molecule has 0 spiro atoms. The first kappa shape index (κ1) is 13.6. The summed E-state index contributed by atoms with van der Waals surface area (Å²) in [5.41, 5.74) is 8.70. The molecule has 0 saturated heterocycles. The van der Waals surface area contributed by atoms with Crippen molar-refractivity contribution in [3.05, 3.63) is 35.4 Å². The summed E-state index contributed by atoms with van der Waals surface area (Å²) in [5, 5.41) is 0. The van der Waals surface area contributed by atoms with Gasteiger partial charge in [-0.2, -0.15) is 11.8 Å². The van der Waals surface area contributed by atoms with Crippen molar-refractivity contribution in [3.63, 3.8) is 0 Å². The zero-order valence-corrected chi connectivity index (χ0v) is 11.4. The number of benzene rings is 1. The summed E-state index contributed by atoms with van der Waals surface area (Å²) in [4.78, 5) is 0. The summed E-state index contributed by atoms with van der Waals surface area (Å²) in [6.45, 7) is 6.64. The molecule has 2 unspecified atom stereocenters. The summed E-state index contributed by atoms with van der Waals surface area (Å²) < 4.78 is 0. The highest BCUT2D eigenvalue weighted by Gasteiger charge is 2.06. The molecular formula is C14H23NS. The van der Waals surface area contributed by atoms with Gasteiger partial charge in [-0.1, -0.05) is 50.1 Å². The van der Waals surface area contributed by atoms with Crippen LogP contribution in [-0.4, -0.2) is 11.5 Å². The molecule has 0 aromatic heterocycles. The standard InChI is InChI=1S/C14H23NS/c1-4-11(2)9-16-10-14(15)13-7-5-12(3)6-8-13/h5-8,11,14H,4,9-10,15H2,1-3H3. The fraction of sp³-hybridized carbons (Fsp3) is 0.571. The first-order valence-corrected chi connectivity index (χ1v) is 7.18. The number of hydrogen-bond acceptors (Lipinski definition) is 2. The predicted molar refractivity (Wildman–Crippen MR) is 74.9 cm³/mol. The normalized spacial score (nSPS) is 14.8. The van der Waals surface area contributed by atoms with Crippen LogP contribution >= 0.6 is 11.8 Å². The van der Waals surface area contributed by atoms with Crippen molar-refractivity contribution in [2.24, 2.45) is 11.7 Å². The molecular weight excluding hydrogens is 214 g/mol. The molecule has 1 aromatic carbocycles. The first-order valence-electron chi connectivity index (χ1n) is 6.03. The van der Waals surface area contributed by atoms with Crippen molar-refractivity contribution in [3.8, 4) is 0 Å². The highest BCUT2D eigenvalue weighted by molar-refractivity contribution is 7.99. The number of nitrogens with two attached hydrogens (primary N) is 1. The van der Waals surface area contributed by atoms with E-state index in [0.717, 1.165) is 11.7 Å². The molecule has 1 nitrogen and oxygen atoms in total. The van der Waals surface area contributed by atoms with Crippen LogP contribution in [0.2, 0.25) is 0 Å². The van der Waals surface area contributed by atoms with Crippen LogP contribution in [0, 0.1) is 12.8 Å². The largest absolute Gasteiger partial charge is 0.323 e. The molecule has 0 saturated carbocycles. The molecule has 2 atom stereocenters. The van der Waals surface area contributed by atoms with Gasteiger partial charge in [0, 0.05) is 11.8 Å². The van der Waals surface area contributed by atoms with Gasteiger partial charge in [0.05, 0.1) is 0 Å². The van der Waals surface area contributed by atoms with Gasteiger partial charge in [-0.15, -0.1) is 0 Å². The fourth-order valence-corrected chi connectivity index (χ4v) is 2.64. The Morgan fingerprint density at radius 3 is 2.38 bits per heavy atom. The Labute approximate surface area is 104 Å². The minimum absolute atomic E-state index is 0.176. The molecule has 0 bridgehead atoms. The van der Waals surface area contributed by atoms with Gasteiger partial charge in [0.25, 0.3) is 0 Å². The van der Waals surface area contributed by atoms with Gasteiger partial charge in [0.2, 0.25) is 0 Å². The van der Waals surface area contributed by atoms with Crippen LogP contribution in [0.4, 0.5) is 0 Å². The Hall–Kier alpha value is -0.470. The molecule has 1 aromatic rings. The average molecular weight is 237 g/mol. The van der Waals surface area contributed by atoms with Crippen LogP contribution in [0.1, 0.15) is 37.4 Å². The quantitative estimate of drug-likeness (QED) is 0.815. The number of rotatable bonds is 6. The second-order valence-corrected chi connectivity index (χ2v) is 5.64. The molecule has 16 heavy (non-hydrogen) atoms. The molecule has 0 radical (unpaired) electrons. The lowest BCUT2D eigenvalue weighted by atomic mass is 10.1. The Morgan fingerprint density at radius 1 is 1.19 bits per heavy atom. The third-order valence-electron chi connectivity index (χ3n) is 2.90. The fourth-order valence-electron chi connectivity index (χ4n) is 1.42. The maximum atomic E-state index is 6.15. The van der Waals surface area contributed by atoms with Crippen LogP contribution in [0.3, 0.4) is 0 Å². The van der Waals surface area contributed by atoms with Gasteiger partial charge >= 0.3 is 0 Å². The average Bonchev–Trinajstić information content (AvgIpc) is 2.29. The smallest absolute Gasteiger partial charge is 0.0386 e. The van der Waals surface area contributed by atoms with E-state index in [1.807, 2.05) is 11.8 Å². The Balaban J connectivity index is 2.35. The van der Waals surface area contributed by atoms with Gasteiger partial charge in [-0.25, -0.2) is 0 Å². The van der Waals surface area contributed by atoms with E-state index >= 15 is 0 Å². The van der Waals surface area contributed by atoms with Gasteiger partial charge < -0.3 is 5.73 Å². The second kappa shape index (κ2) is 6.97. The molecule has 0 amide bonds. The van der Waals surface area contributed by atoms with Crippen molar-refractivity contribution in [1.29, 1.82) is 0 Å². The Morgan fingerprint density at radius 2 is 1.81 bits per heavy atom. The molecule has 0 aliphatic rings. The summed E-state index contributed by atoms with van der Waals surface area (Å²) in [5.74, 6) is 3.04. The lowest BCUT2D eigenvalue weighted by Crippen LogP contribution is -2.14. The van der Waals surface area contributed by atoms with Crippen molar-refractivity contribution >= 4 is 11.8 Å². The SMILES string of the molecule is CCC(C)CSCC(N)c1ccc(C)cc1. The van der Waals surface area contributed by atoms with Crippen molar-refractivity contribution < 1.29 is 0 Å². The summed E-state index contributed by atoms with van der Waals surface area (Å²) >= 11 is 1.97. The van der Waals surface area contributed by atoms with E-state index in [4.69, 9.17) is 5.73 Å². The lowest BCUT2D eigenvalue weighted by Gasteiger charge is -2.13. The zero-order chi connectivity index (χ0) is 12.0. The maximum absolute atomic E-state index is 6.15. The van der Waals surface area contributed by atoms with Gasteiger partial charge in [-0.3, -0.25) is 0 Å². The summed E-state index contributed by atoms with van der Waals surface area (Å²) in [6.07, 6.45) is 1.26. The van der Waals surface area contributed by atoms with E-state index in [1.165, 1.54) is 23.3 Å². The van der Waals surface area contributed by atoms with Crippen LogP contribution in [0.5, 0.6) is 0 Å². The van der Waals surface area contributed by atoms with Gasteiger partial charge in [0.1, 0.15) is 0 Å². The lowest BCUT2D eigenvalue weighted by molar-refractivity contribution is 0.636. The number of aryl methyl sites for hydroxylation is 1. The molecule has 0 aliphatic heterocycles.